The predicted molar refractivity (Wildman–Crippen MR) is 119 cm³/mol. The van der Waals surface area contributed by atoms with Gasteiger partial charge in [0.2, 0.25) is 0 Å². The number of carbonyl (C=O) groups is 2. The number of aromatic nitrogens is 2. The Morgan fingerprint density at radius 2 is 2.20 bits per heavy atom. The van der Waals surface area contributed by atoms with Crippen LogP contribution in [0, 0.1) is 0 Å². The third-order valence-corrected chi connectivity index (χ3v) is 7.31. The smallest absolute Gasteiger partial charge is 0.337 e. The second kappa shape index (κ2) is 8.62. The summed E-state index contributed by atoms with van der Waals surface area (Å²) in [5.74, 6) is -0.201. The molecule has 0 bridgehead atoms. The number of amides is 2. The Hall–Kier alpha value is -2.63. The first-order valence-electron chi connectivity index (χ1n) is 9.08. The number of carbonyl (C=O) groups excluding carboxylic acids is 2. The van der Waals surface area contributed by atoms with Gasteiger partial charge in [-0.2, -0.15) is 0 Å². The Labute approximate surface area is 184 Å². The molecule has 3 aromatic heterocycles. The molecule has 0 aromatic carbocycles. The van der Waals surface area contributed by atoms with Crippen molar-refractivity contribution in [3.63, 3.8) is 0 Å². The number of fused-ring (bicyclic) bond motifs is 1. The van der Waals surface area contributed by atoms with Crippen molar-refractivity contribution >= 4 is 56.7 Å². The van der Waals surface area contributed by atoms with Crippen LogP contribution in [0.15, 0.2) is 44.1 Å². The number of nitrogens with zero attached hydrogens (tertiary/aromatic N) is 2. The summed E-state index contributed by atoms with van der Waals surface area (Å²) in [5.41, 5.74) is 1.60. The molecule has 2 N–H and O–H groups in total. The fraction of sp³-hybridized carbons (Fsp3) is 0.263. The summed E-state index contributed by atoms with van der Waals surface area (Å²) in [6.07, 6.45) is 0. The molecule has 0 atom stereocenters. The Balaban J connectivity index is 1.66. The molecule has 0 saturated heterocycles. The maximum absolute atomic E-state index is 13.0. The van der Waals surface area contributed by atoms with Crippen LogP contribution in [-0.2, 0) is 16.6 Å². The molecule has 0 unspecified atom stereocenters. The van der Waals surface area contributed by atoms with E-state index in [1.54, 1.807) is 25.3 Å². The maximum Gasteiger partial charge on any atom is 0.337 e. The third-order valence-electron chi connectivity index (χ3n) is 4.48. The monoisotopic (exact) mass is 462 g/mol. The summed E-state index contributed by atoms with van der Waals surface area (Å²) in [6, 6.07) is 3.56. The van der Waals surface area contributed by atoms with Crippen molar-refractivity contribution < 1.29 is 14.3 Å². The van der Waals surface area contributed by atoms with Crippen LogP contribution in [-0.4, -0.2) is 40.5 Å². The van der Waals surface area contributed by atoms with Gasteiger partial charge in [-0.1, -0.05) is 17.8 Å². The van der Waals surface area contributed by atoms with Crippen molar-refractivity contribution in [2.45, 2.75) is 12.1 Å². The predicted octanol–water partition coefficient (Wildman–Crippen LogP) is 2.95. The first-order chi connectivity index (χ1) is 14.5. The van der Waals surface area contributed by atoms with Crippen LogP contribution in [0.5, 0.6) is 0 Å². The van der Waals surface area contributed by atoms with E-state index < -0.39 is 5.97 Å². The quantitative estimate of drug-likeness (QED) is 0.332. The van der Waals surface area contributed by atoms with E-state index in [9.17, 15) is 14.4 Å². The third kappa shape index (κ3) is 3.87. The van der Waals surface area contributed by atoms with Crippen molar-refractivity contribution in [2.24, 2.45) is 7.05 Å². The van der Waals surface area contributed by atoms with Gasteiger partial charge >= 0.3 is 12.0 Å². The van der Waals surface area contributed by atoms with E-state index in [1.807, 2.05) is 22.9 Å². The van der Waals surface area contributed by atoms with Gasteiger partial charge in [0.25, 0.3) is 5.56 Å². The fourth-order valence-corrected chi connectivity index (χ4v) is 5.76. The van der Waals surface area contributed by atoms with Gasteiger partial charge in [0.15, 0.2) is 5.16 Å². The number of thioether (sulfide) groups is 1. The lowest BCUT2D eigenvalue weighted by Crippen LogP contribution is -2.44. The molecule has 0 aliphatic carbocycles. The standard InChI is InChI=1S/C19H18N4O4S3/c1-3-27-17(25)10-7-20-18(26)21-12(10)9-30-19-22-15-14(16(24)23(19)2)11(8-29-15)13-5-4-6-28-13/h4-6,8H,3,7,9H2,1-2H3,(H2,20,21,26). The molecule has 4 heterocycles. The van der Waals surface area contributed by atoms with Crippen molar-refractivity contribution in [2.75, 3.05) is 18.9 Å². The molecule has 3 aromatic rings. The SMILES string of the molecule is CCOC(=O)C1=C(CSc2nc3scc(-c4cccs4)c3c(=O)n2C)NC(=O)NC1. The molecular weight excluding hydrogens is 444 g/mol. The van der Waals surface area contributed by atoms with Crippen LogP contribution in [0.2, 0.25) is 0 Å². The van der Waals surface area contributed by atoms with Gasteiger partial charge in [0, 0.05) is 34.3 Å². The molecule has 1 aliphatic rings. The lowest BCUT2D eigenvalue weighted by atomic mass is 10.2. The molecule has 0 fully saturated rings. The summed E-state index contributed by atoms with van der Waals surface area (Å²) in [6.45, 7) is 2.07. The highest BCUT2D eigenvalue weighted by Crippen LogP contribution is 2.34. The first-order valence-corrected chi connectivity index (χ1v) is 11.8. The summed E-state index contributed by atoms with van der Waals surface area (Å²) in [7, 11) is 1.68. The molecule has 30 heavy (non-hydrogen) atoms. The molecule has 4 rings (SSSR count). The van der Waals surface area contributed by atoms with Crippen LogP contribution in [0.3, 0.4) is 0 Å². The number of rotatable bonds is 6. The zero-order valence-electron chi connectivity index (χ0n) is 16.2. The normalized spacial score (nSPS) is 14.0. The summed E-state index contributed by atoms with van der Waals surface area (Å²) in [4.78, 5) is 43.3. The van der Waals surface area contributed by atoms with E-state index in [0.717, 1.165) is 10.4 Å². The van der Waals surface area contributed by atoms with E-state index in [1.165, 1.54) is 27.7 Å². The van der Waals surface area contributed by atoms with Gasteiger partial charge in [-0.15, -0.1) is 22.7 Å². The average molecular weight is 463 g/mol. The van der Waals surface area contributed by atoms with Gasteiger partial charge in [0.05, 0.1) is 24.1 Å². The van der Waals surface area contributed by atoms with E-state index in [0.29, 0.717) is 26.6 Å². The number of ether oxygens (including phenoxy) is 1. The van der Waals surface area contributed by atoms with Gasteiger partial charge < -0.3 is 15.4 Å². The highest BCUT2D eigenvalue weighted by atomic mass is 32.2. The summed E-state index contributed by atoms with van der Waals surface area (Å²) in [5, 5.41) is 10.3. The largest absolute Gasteiger partial charge is 0.463 e. The van der Waals surface area contributed by atoms with E-state index in [-0.39, 0.29) is 30.5 Å². The second-order valence-corrected chi connectivity index (χ2v) is 9.09. The zero-order valence-corrected chi connectivity index (χ0v) is 18.6. The van der Waals surface area contributed by atoms with E-state index >= 15 is 0 Å². The second-order valence-electron chi connectivity index (χ2n) is 6.34. The summed E-state index contributed by atoms with van der Waals surface area (Å²) >= 11 is 4.29. The van der Waals surface area contributed by atoms with Crippen LogP contribution in [0.1, 0.15) is 6.92 Å². The van der Waals surface area contributed by atoms with E-state index in [2.05, 4.69) is 15.6 Å². The lowest BCUT2D eigenvalue weighted by Gasteiger charge is -2.21. The van der Waals surface area contributed by atoms with Crippen molar-refractivity contribution in [3.05, 3.63) is 44.5 Å². The van der Waals surface area contributed by atoms with Crippen molar-refractivity contribution in [3.8, 4) is 10.4 Å². The van der Waals surface area contributed by atoms with Crippen LogP contribution >= 0.6 is 34.4 Å². The molecule has 0 saturated carbocycles. The Bertz CT molecular complexity index is 1210. The average Bonchev–Trinajstić information content (AvgIpc) is 3.39. The summed E-state index contributed by atoms with van der Waals surface area (Å²) < 4.78 is 6.58. The Morgan fingerprint density at radius 3 is 2.93 bits per heavy atom. The minimum absolute atomic E-state index is 0.0983. The van der Waals surface area contributed by atoms with Crippen LogP contribution in [0.4, 0.5) is 4.79 Å². The number of esters is 1. The van der Waals surface area contributed by atoms with Gasteiger partial charge in [-0.25, -0.2) is 14.6 Å². The minimum Gasteiger partial charge on any atom is -0.463 e. The molecule has 0 radical (unpaired) electrons. The van der Waals surface area contributed by atoms with Crippen LogP contribution < -0.4 is 16.2 Å². The first kappa shape index (κ1) is 20.6. The van der Waals surface area contributed by atoms with E-state index in [4.69, 9.17) is 4.74 Å². The molecule has 156 valence electrons. The lowest BCUT2D eigenvalue weighted by molar-refractivity contribution is -0.138. The number of hydrogen-bond acceptors (Lipinski definition) is 8. The fourth-order valence-electron chi connectivity index (χ4n) is 3.00. The van der Waals surface area contributed by atoms with Crippen molar-refractivity contribution in [1.29, 1.82) is 0 Å². The zero-order chi connectivity index (χ0) is 21.3. The highest BCUT2D eigenvalue weighted by Gasteiger charge is 2.24. The molecule has 2 amide bonds. The molecule has 1 aliphatic heterocycles. The van der Waals surface area contributed by atoms with Crippen LogP contribution in [0.25, 0.3) is 20.7 Å². The highest BCUT2D eigenvalue weighted by molar-refractivity contribution is 7.99. The number of hydrogen-bond donors (Lipinski definition) is 2. The maximum atomic E-state index is 13.0. The Morgan fingerprint density at radius 1 is 1.37 bits per heavy atom. The van der Waals surface area contributed by atoms with Gasteiger partial charge in [0.1, 0.15) is 4.83 Å². The van der Waals surface area contributed by atoms with Gasteiger partial charge in [-0.05, 0) is 18.4 Å². The molecule has 11 heteroatoms. The number of nitrogens with one attached hydrogen (secondary N) is 2. The molecule has 0 spiro atoms. The van der Waals surface area contributed by atoms with Crippen molar-refractivity contribution in [1.82, 2.24) is 20.2 Å². The molecular formula is C19H18N4O4S3. The number of urea groups is 1. The minimum atomic E-state index is -0.475. The van der Waals surface area contributed by atoms with Gasteiger partial charge in [-0.3, -0.25) is 9.36 Å². The topological polar surface area (TPSA) is 102 Å². The number of thiophene rings is 2. The Kier molecular flexibility index (Phi) is 5.93. The molecule has 8 nitrogen and oxygen atoms in total.